The second kappa shape index (κ2) is 8.89. The minimum atomic E-state index is -0.432. The smallest absolute Gasteiger partial charge is 0.264 e. The maximum absolute atomic E-state index is 14.0. The Morgan fingerprint density at radius 2 is 1.79 bits per heavy atom. The van der Waals surface area contributed by atoms with Crippen LogP contribution in [-0.4, -0.2) is 15.6 Å². The molecule has 1 fully saturated rings. The molecule has 33 heavy (non-hydrogen) atoms. The van der Waals surface area contributed by atoms with Crippen molar-refractivity contribution in [3.63, 3.8) is 0 Å². The Hall–Kier alpha value is -3.35. The third-order valence-electron chi connectivity index (χ3n) is 5.53. The van der Waals surface area contributed by atoms with Crippen LogP contribution in [0.1, 0.15) is 16.8 Å². The molecule has 164 valence electrons. The third-order valence-corrected chi connectivity index (χ3v) is 6.70. The first-order valence-electron chi connectivity index (χ1n) is 10.4. The number of halogens is 2. The summed E-state index contributed by atoms with van der Waals surface area (Å²) in [5, 5.41) is 4.86. The van der Waals surface area contributed by atoms with E-state index >= 15 is 0 Å². The van der Waals surface area contributed by atoms with Crippen molar-refractivity contribution in [3.05, 3.63) is 105 Å². The number of hydrogen-bond donors (Lipinski definition) is 1. The number of benzene rings is 3. The highest BCUT2D eigenvalue weighted by Crippen LogP contribution is 2.33. The molecule has 3 aromatic carbocycles. The highest BCUT2D eigenvalue weighted by molar-refractivity contribution is 8.18. The van der Waals surface area contributed by atoms with Gasteiger partial charge in [0.2, 0.25) is 0 Å². The van der Waals surface area contributed by atoms with Crippen molar-refractivity contribution in [1.29, 1.82) is 0 Å². The Kier molecular flexibility index (Phi) is 5.79. The van der Waals surface area contributed by atoms with Gasteiger partial charge in [-0.1, -0.05) is 54.1 Å². The predicted octanol–water partition coefficient (Wildman–Crippen LogP) is 6.68. The quantitative estimate of drug-likeness (QED) is 0.334. The number of nitrogens with zero attached hydrogens (tertiary/aromatic N) is 2. The van der Waals surface area contributed by atoms with Crippen LogP contribution < -0.4 is 5.32 Å². The van der Waals surface area contributed by atoms with Crippen LogP contribution in [0.3, 0.4) is 0 Å². The fourth-order valence-electron chi connectivity index (χ4n) is 3.88. The molecule has 1 N–H and O–H groups in total. The number of nitrogens with one attached hydrogen (secondary N) is 1. The average molecular weight is 476 g/mol. The van der Waals surface area contributed by atoms with Gasteiger partial charge in [-0.25, -0.2) is 9.38 Å². The van der Waals surface area contributed by atoms with E-state index in [0.717, 1.165) is 27.7 Å². The fourth-order valence-corrected chi connectivity index (χ4v) is 4.82. The lowest BCUT2D eigenvalue weighted by Gasteiger charge is -2.09. The van der Waals surface area contributed by atoms with Gasteiger partial charge in [0.25, 0.3) is 5.91 Å². The monoisotopic (exact) mass is 475 g/mol. The molecule has 0 bridgehead atoms. The van der Waals surface area contributed by atoms with Crippen LogP contribution >= 0.6 is 23.4 Å². The largest absolute Gasteiger partial charge is 0.340 e. The number of para-hydroxylation sites is 2. The lowest BCUT2D eigenvalue weighted by molar-refractivity contribution is -0.115. The second-order valence-electron chi connectivity index (χ2n) is 7.66. The van der Waals surface area contributed by atoms with Crippen molar-refractivity contribution >= 4 is 57.1 Å². The van der Waals surface area contributed by atoms with Crippen LogP contribution in [0, 0.1) is 12.7 Å². The first kappa shape index (κ1) is 21.5. The maximum Gasteiger partial charge on any atom is 0.264 e. The summed E-state index contributed by atoms with van der Waals surface area (Å²) >= 11 is 7.25. The zero-order valence-corrected chi connectivity index (χ0v) is 19.3. The van der Waals surface area contributed by atoms with Gasteiger partial charge < -0.3 is 9.88 Å². The molecule has 0 spiro atoms. The molecule has 5 rings (SSSR count). The van der Waals surface area contributed by atoms with E-state index in [2.05, 4.69) is 27.0 Å². The van der Waals surface area contributed by atoms with Gasteiger partial charge in [0.1, 0.15) is 11.5 Å². The number of amidine groups is 1. The summed E-state index contributed by atoms with van der Waals surface area (Å²) in [6.07, 6.45) is 1.89. The lowest BCUT2D eigenvalue weighted by Crippen LogP contribution is -2.19. The minimum absolute atomic E-state index is 0.192. The Bertz CT molecular complexity index is 1440. The number of carbonyl (C=O) groups is 1. The molecule has 7 heteroatoms. The first-order chi connectivity index (χ1) is 16.0. The molecular formula is C26H19ClFN3OS. The summed E-state index contributed by atoms with van der Waals surface area (Å²) in [6.45, 7) is 2.74. The van der Waals surface area contributed by atoms with Gasteiger partial charge in [0.05, 0.1) is 4.91 Å². The molecule has 1 amide bonds. The second-order valence-corrected chi connectivity index (χ2v) is 9.13. The normalized spacial score (nSPS) is 16.2. The van der Waals surface area contributed by atoms with Gasteiger partial charge in [-0.05, 0) is 60.7 Å². The Morgan fingerprint density at radius 1 is 1.06 bits per heavy atom. The van der Waals surface area contributed by atoms with Crippen molar-refractivity contribution in [3.8, 4) is 0 Å². The molecule has 1 aromatic heterocycles. The number of amides is 1. The topological polar surface area (TPSA) is 46.4 Å². The van der Waals surface area contributed by atoms with Gasteiger partial charge in [0.15, 0.2) is 5.17 Å². The Morgan fingerprint density at radius 3 is 2.58 bits per heavy atom. The van der Waals surface area contributed by atoms with E-state index in [4.69, 9.17) is 11.6 Å². The van der Waals surface area contributed by atoms with Crippen LogP contribution in [0.15, 0.2) is 82.7 Å². The standard InChI is InChI=1S/C26H19ClFN3OS/c1-16-20(14-24-25(32)30-26(33-24)29-22-8-4-3-7-21(22)28)19-6-2-5-9-23(19)31(16)15-17-10-12-18(27)13-11-17/h2-14H,15H2,1H3,(H,29,30,32)/b24-14-. The predicted molar refractivity (Wildman–Crippen MR) is 134 cm³/mol. The lowest BCUT2D eigenvalue weighted by atomic mass is 10.1. The molecular weight excluding hydrogens is 457 g/mol. The average Bonchev–Trinajstić information content (AvgIpc) is 3.29. The number of carbonyl (C=O) groups excluding carboxylic acids is 1. The van der Waals surface area contributed by atoms with Gasteiger partial charge in [-0.3, -0.25) is 4.79 Å². The molecule has 0 atom stereocenters. The van der Waals surface area contributed by atoms with E-state index in [0.29, 0.717) is 21.6 Å². The molecule has 4 aromatic rings. The fraction of sp³-hybridized carbons (Fsp3) is 0.0769. The van der Waals surface area contributed by atoms with Crippen molar-refractivity contribution in [2.24, 2.45) is 4.99 Å². The number of aromatic nitrogens is 1. The molecule has 1 aliphatic heterocycles. The highest BCUT2D eigenvalue weighted by atomic mass is 35.5. The summed E-state index contributed by atoms with van der Waals surface area (Å²) in [6, 6.07) is 22.2. The molecule has 0 aliphatic carbocycles. The van der Waals surface area contributed by atoms with E-state index in [1.165, 1.54) is 17.8 Å². The van der Waals surface area contributed by atoms with E-state index in [1.807, 2.05) is 49.4 Å². The number of fused-ring (bicyclic) bond motifs is 1. The molecule has 0 saturated carbocycles. The maximum atomic E-state index is 14.0. The van der Waals surface area contributed by atoms with Gasteiger partial charge in [0, 0.05) is 33.7 Å². The Labute approximate surface area is 199 Å². The van der Waals surface area contributed by atoms with E-state index < -0.39 is 5.82 Å². The van der Waals surface area contributed by atoms with Crippen LogP contribution in [-0.2, 0) is 11.3 Å². The zero-order chi connectivity index (χ0) is 22.9. The van der Waals surface area contributed by atoms with Crippen molar-refractivity contribution < 1.29 is 9.18 Å². The minimum Gasteiger partial charge on any atom is -0.340 e. The SMILES string of the molecule is Cc1c(/C=C2\SC(=Nc3ccccc3F)NC2=O)c2ccccc2n1Cc1ccc(Cl)cc1. The molecule has 1 saturated heterocycles. The van der Waals surface area contributed by atoms with Gasteiger partial charge in [-0.15, -0.1) is 0 Å². The Balaban J connectivity index is 1.52. The highest BCUT2D eigenvalue weighted by Gasteiger charge is 2.25. The van der Waals surface area contributed by atoms with Gasteiger partial charge in [-0.2, -0.15) is 0 Å². The summed E-state index contributed by atoms with van der Waals surface area (Å²) in [5.74, 6) is -0.678. The van der Waals surface area contributed by atoms with E-state index in [1.54, 1.807) is 18.2 Å². The summed E-state index contributed by atoms with van der Waals surface area (Å²) in [4.78, 5) is 17.4. The van der Waals surface area contributed by atoms with Crippen molar-refractivity contribution in [1.82, 2.24) is 9.88 Å². The van der Waals surface area contributed by atoms with E-state index in [-0.39, 0.29) is 11.6 Å². The first-order valence-corrected chi connectivity index (χ1v) is 11.6. The van der Waals surface area contributed by atoms with Crippen LogP contribution in [0.5, 0.6) is 0 Å². The molecule has 4 nitrogen and oxygen atoms in total. The van der Waals surface area contributed by atoms with Crippen LogP contribution in [0.2, 0.25) is 5.02 Å². The van der Waals surface area contributed by atoms with Crippen molar-refractivity contribution in [2.75, 3.05) is 0 Å². The summed E-state index contributed by atoms with van der Waals surface area (Å²) < 4.78 is 16.2. The third kappa shape index (κ3) is 4.32. The molecule has 2 heterocycles. The zero-order valence-electron chi connectivity index (χ0n) is 17.7. The molecule has 1 aliphatic rings. The number of hydrogen-bond acceptors (Lipinski definition) is 3. The summed E-state index contributed by atoms with van der Waals surface area (Å²) in [7, 11) is 0. The molecule has 0 radical (unpaired) electrons. The summed E-state index contributed by atoms with van der Waals surface area (Å²) in [5.41, 5.74) is 4.43. The number of thioether (sulfide) groups is 1. The van der Waals surface area contributed by atoms with Crippen LogP contribution in [0.4, 0.5) is 10.1 Å². The van der Waals surface area contributed by atoms with E-state index in [9.17, 15) is 9.18 Å². The van der Waals surface area contributed by atoms with Gasteiger partial charge >= 0.3 is 0 Å². The number of aliphatic imine (C=N–C) groups is 1. The van der Waals surface area contributed by atoms with Crippen molar-refractivity contribution in [2.45, 2.75) is 13.5 Å². The molecule has 0 unspecified atom stereocenters. The van der Waals surface area contributed by atoms with Crippen LogP contribution in [0.25, 0.3) is 17.0 Å². The number of rotatable bonds is 4.